The maximum atomic E-state index is 14.9. The van der Waals surface area contributed by atoms with E-state index in [0.717, 1.165) is 0 Å². The molecule has 0 bridgehead atoms. The summed E-state index contributed by atoms with van der Waals surface area (Å²) in [6.07, 6.45) is 1.32. The fourth-order valence-corrected chi connectivity index (χ4v) is 4.24. The second-order valence-electron chi connectivity index (χ2n) is 4.34. The molecule has 0 heterocycles. The molecule has 0 N–H and O–H groups in total. The van der Waals surface area contributed by atoms with Gasteiger partial charge >= 0.3 is 7.60 Å². The van der Waals surface area contributed by atoms with E-state index in [1.54, 1.807) is 13.8 Å². The van der Waals surface area contributed by atoms with E-state index in [9.17, 15) is 8.96 Å². The molecule has 0 aliphatic rings. The molecule has 0 fully saturated rings. The molecule has 0 rings (SSSR count). The average Bonchev–Trinajstić information content (AvgIpc) is 2.34. The van der Waals surface area contributed by atoms with Crippen molar-refractivity contribution in [2.45, 2.75) is 45.2 Å². The summed E-state index contributed by atoms with van der Waals surface area (Å²) in [5.41, 5.74) is -1.59. The number of rotatable bonds is 12. The van der Waals surface area contributed by atoms with Crippen molar-refractivity contribution in [1.29, 1.82) is 0 Å². The van der Waals surface area contributed by atoms with Crippen LogP contribution in [0.3, 0.4) is 0 Å². The Balaban J connectivity index is 4.77. The predicted molar refractivity (Wildman–Crippen MR) is 79.5 cm³/mol. The SMILES string of the molecule is CCOP(=O)(CC(F)(CCCCl)CCCCl)OCC. The molecular formula is C12H24Cl2FO3P. The molecule has 0 atom stereocenters. The van der Waals surface area contributed by atoms with Gasteiger partial charge in [0.25, 0.3) is 0 Å². The summed E-state index contributed by atoms with van der Waals surface area (Å²) < 4.78 is 37.6. The highest BCUT2D eigenvalue weighted by atomic mass is 35.5. The molecule has 0 saturated carbocycles. The Hall–Kier alpha value is 0.660. The van der Waals surface area contributed by atoms with E-state index in [4.69, 9.17) is 32.2 Å². The first-order valence-electron chi connectivity index (χ1n) is 6.64. The van der Waals surface area contributed by atoms with Gasteiger partial charge in [-0.25, -0.2) is 4.39 Å². The van der Waals surface area contributed by atoms with E-state index in [1.165, 1.54) is 0 Å². The fourth-order valence-electron chi connectivity index (χ4n) is 1.92. The fraction of sp³-hybridized carbons (Fsp3) is 1.00. The molecule has 0 aromatic carbocycles. The monoisotopic (exact) mass is 336 g/mol. The van der Waals surface area contributed by atoms with Gasteiger partial charge in [0.2, 0.25) is 0 Å². The third-order valence-corrected chi connectivity index (χ3v) is 5.44. The van der Waals surface area contributed by atoms with Gasteiger partial charge in [0.15, 0.2) is 0 Å². The zero-order chi connectivity index (χ0) is 14.8. The Morgan fingerprint density at radius 3 is 1.79 bits per heavy atom. The Bertz CT molecular complexity index is 262. The van der Waals surface area contributed by atoms with Gasteiger partial charge in [-0.15, -0.1) is 23.2 Å². The molecule has 0 spiro atoms. The molecule has 0 aromatic rings. The summed E-state index contributed by atoms with van der Waals surface area (Å²) in [7, 11) is -3.38. The van der Waals surface area contributed by atoms with Crippen LogP contribution in [0.5, 0.6) is 0 Å². The van der Waals surface area contributed by atoms with Crippen molar-refractivity contribution in [2.75, 3.05) is 31.1 Å². The minimum Gasteiger partial charge on any atom is -0.309 e. The van der Waals surface area contributed by atoms with E-state index in [0.29, 0.717) is 24.6 Å². The lowest BCUT2D eigenvalue weighted by atomic mass is 9.97. The zero-order valence-corrected chi connectivity index (χ0v) is 14.1. The first kappa shape index (κ1) is 19.7. The van der Waals surface area contributed by atoms with Crippen molar-refractivity contribution >= 4 is 30.8 Å². The smallest absolute Gasteiger partial charge is 0.309 e. The van der Waals surface area contributed by atoms with Crippen molar-refractivity contribution in [3.63, 3.8) is 0 Å². The van der Waals surface area contributed by atoms with Gasteiger partial charge in [0.05, 0.1) is 19.4 Å². The highest BCUT2D eigenvalue weighted by Crippen LogP contribution is 2.52. The lowest BCUT2D eigenvalue weighted by molar-refractivity contribution is 0.139. The van der Waals surface area contributed by atoms with Gasteiger partial charge in [-0.3, -0.25) is 4.57 Å². The number of hydrogen-bond acceptors (Lipinski definition) is 3. The summed E-state index contributed by atoms with van der Waals surface area (Å²) in [4.78, 5) is 0. The predicted octanol–water partition coefficient (Wildman–Crippen LogP) is 5.00. The lowest BCUT2D eigenvalue weighted by Crippen LogP contribution is -2.29. The van der Waals surface area contributed by atoms with Crippen LogP contribution in [0.2, 0.25) is 0 Å². The Kier molecular flexibility index (Phi) is 10.8. The first-order chi connectivity index (χ1) is 8.95. The summed E-state index contributed by atoms with van der Waals surface area (Å²) >= 11 is 11.2. The molecular weight excluding hydrogens is 313 g/mol. The summed E-state index contributed by atoms with van der Waals surface area (Å²) in [5.74, 6) is 0.750. The molecule has 0 radical (unpaired) electrons. The molecule has 3 nitrogen and oxygen atoms in total. The normalized spacial score (nSPS) is 12.9. The zero-order valence-electron chi connectivity index (χ0n) is 11.7. The minimum absolute atomic E-state index is 0.227. The Morgan fingerprint density at radius 1 is 1.05 bits per heavy atom. The number of hydrogen-bond donors (Lipinski definition) is 0. The van der Waals surface area contributed by atoms with Crippen LogP contribution < -0.4 is 0 Å². The van der Waals surface area contributed by atoms with Crippen LogP contribution in [0.4, 0.5) is 4.39 Å². The highest BCUT2D eigenvalue weighted by Gasteiger charge is 2.39. The standard InChI is InChI=1S/C12H24Cl2FO3P/c1-3-17-19(16,18-4-2)11-12(15,7-5-9-13)8-6-10-14/h3-11H2,1-2H3. The van der Waals surface area contributed by atoms with Gasteiger partial charge in [0.1, 0.15) is 5.67 Å². The Labute approximate surface area is 125 Å². The van der Waals surface area contributed by atoms with E-state index in [-0.39, 0.29) is 32.2 Å². The van der Waals surface area contributed by atoms with Crippen LogP contribution in [0, 0.1) is 0 Å². The van der Waals surface area contributed by atoms with Crippen molar-refractivity contribution < 1.29 is 18.0 Å². The molecule has 0 unspecified atom stereocenters. The molecule has 0 amide bonds. The van der Waals surface area contributed by atoms with Gasteiger partial charge in [-0.2, -0.15) is 0 Å². The van der Waals surface area contributed by atoms with Gasteiger partial charge < -0.3 is 9.05 Å². The maximum Gasteiger partial charge on any atom is 0.333 e. The van der Waals surface area contributed by atoms with Gasteiger partial charge in [-0.05, 0) is 39.5 Å². The van der Waals surface area contributed by atoms with Crippen molar-refractivity contribution in [3.05, 3.63) is 0 Å². The topological polar surface area (TPSA) is 35.5 Å². The van der Waals surface area contributed by atoms with Crippen LogP contribution in [0.15, 0.2) is 0 Å². The summed E-state index contributed by atoms with van der Waals surface area (Å²) in [6, 6.07) is 0. The highest BCUT2D eigenvalue weighted by molar-refractivity contribution is 7.53. The van der Waals surface area contributed by atoms with E-state index < -0.39 is 13.3 Å². The van der Waals surface area contributed by atoms with Crippen LogP contribution >= 0.6 is 30.8 Å². The van der Waals surface area contributed by atoms with Crippen LogP contribution in [-0.2, 0) is 13.6 Å². The van der Waals surface area contributed by atoms with Crippen LogP contribution in [0.1, 0.15) is 39.5 Å². The molecule has 116 valence electrons. The van der Waals surface area contributed by atoms with Crippen LogP contribution in [0.25, 0.3) is 0 Å². The molecule has 0 aliphatic heterocycles. The van der Waals surface area contributed by atoms with Crippen molar-refractivity contribution in [3.8, 4) is 0 Å². The first-order valence-corrected chi connectivity index (χ1v) is 9.44. The number of alkyl halides is 3. The van der Waals surface area contributed by atoms with Gasteiger partial charge in [0, 0.05) is 11.8 Å². The second kappa shape index (κ2) is 10.4. The molecule has 19 heavy (non-hydrogen) atoms. The molecule has 7 heteroatoms. The minimum atomic E-state index is -3.38. The van der Waals surface area contributed by atoms with Crippen molar-refractivity contribution in [1.82, 2.24) is 0 Å². The largest absolute Gasteiger partial charge is 0.333 e. The lowest BCUT2D eigenvalue weighted by Gasteiger charge is -2.29. The average molecular weight is 337 g/mol. The second-order valence-corrected chi connectivity index (χ2v) is 7.15. The van der Waals surface area contributed by atoms with Crippen LogP contribution in [-0.4, -0.2) is 36.8 Å². The number of halogens is 3. The van der Waals surface area contributed by atoms with E-state index in [1.807, 2.05) is 0 Å². The third kappa shape index (κ3) is 8.52. The quantitative estimate of drug-likeness (QED) is 0.371. The Morgan fingerprint density at radius 2 is 1.47 bits per heavy atom. The molecule has 0 aliphatic carbocycles. The maximum absolute atomic E-state index is 14.9. The molecule has 0 saturated heterocycles. The molecule has 0 aromatic heterocycles. The van der Waals surface area contributed by atoms with E-state index in [2.05, 4.69) is 0 Å². The summed E-state index contributed by atoms with van der Waals surface area (Å²) in [6.45, 7) is 3.89. The summed E-state index contributed by atoms with van der Waals surface area (Å²) in [5, 5.41) is 0. The van der Waals surface area contributed by atoms with E-state index >= 15 is 0 Å². The van der Waals surface area contributed by atoms with Gasteiger partial charge in [-0.1, -0.05) is 0 Å². The third-order valence-electron chi connectivity index (χ3n) is 2.65. The van der Waals surface area contributed by atoms with Crippen molar-refractivity contribution in [2.24, 2.45) is 0 Å².